The van der Waals surface area contributed by atoms with Gasteiger partial charge < -0.3 is 20.9 Å². The summed E-state index contributed by atoms with van der Waals surface area (Å²) < 4.78 is 14.0. The van der Waals surface area contributed by atoms with Crippen LogP contribution in [0.25, 0.3) is 0 Å². The minimum absolute atomic E-state index is 0. The van der Waals surface area contributed by atoms with E-state index in [-0.39, 0.29) is 35.7 Å². The van der Waals surface area contributed by atoms with Crippen LogP contribution in [0.3, 0.4) is 0 Å². The molecule has 32 heavy (non-hydrogen) atoms. The van der Waals surface area contributed by atoms with Gasteiger partial charge in [0.2, 0.25) is 5.91 Å². The Hall–Kier alpha value is -1.62. The normalized spacial score (nSPS) is 20.1. The average molecular weight is 561 g/mol. The lowest BCUT2D eigenvalue weighted by atomic mass is 9.95. The van der Waals surface area contributed by atoms with E-state index in [9.17, 15) is 9.18 Å². The number of aliphatic imine (C=N–C) groups is 1. The molecule has 1 aromatic rings. The van der Waals surface area contributed by atoms with Gasteiger partial charge in [0.05, 0.1) is 5.69 Å². The fourth-order valence-electron chi connectivity index (χ4n) is 4.53. The highest BCUT2D eigenvalue weighted by molar-refractivity contribution is 14.0. The number of hydrogen-bond donors (Lipinski definition) is 2. The quantitative estimate of drug-likeness (QED) is 0.221. The molecule has 2 aliphatic rings. The van der Waals surface area contributed by atoms with Gasteiger partial charge in [-0.05, 0) is 44.2 Å². The van der Waals surface area contributed by atoms with Crippen LogP contribution in [0.15, 0.2) is 29.3 Å². The summed E-state index contributed by atoms with van der Waals surface area (Å²) in [6, 6.07) is 7.01. The number of piperazine rings is 1. The molecule has 3 rings (SSSR count). The highest BCUT2D eigenvalue weighted by Gasteiger charge is 2.23. The van der Waals surface area contributed by atoms with Gasteiger partial charge in [-0.2, -0.15) is 0 Å². The van der Waals surface area contributed by atoms with Crippen molar-refractivity contribution in [2.75, 3.05) is 63.8 Å². The third-order valence-corrected chi connectivity index (χ3v) is 6.10. The second-order valence-corrected chi connectivity index (χ2v) is 8.49. The molecule has 1 aromatic carbocycles. The number of amides is 1. The number of nitrogens with zero attached hydrogens (tertiary/aromatic N) is 4. The zero-order valence-corrected chi connectivity index (χ0v) is 21.5. The summed E-state index contributed by atoms with van der Waals surface area (Å²) in [7, 11) is 0. The Balaban J connectivity index is 0.00000363. The van der Waals surface area contributed by atoms with E-state index in [2.05, 4.69) is 26.9 Å². The summed E-state index contributed by atoms with van der Waals surface area (Å²) in [5.74, 6) is 0.905. The number of piperidine rings is 1. The van der Waals surface area contributed by atoms with Gasteiger partial charge in [0, 0.05) is 65.3 Å². The largest absolute Gasteiger partial charge is 0.370 e. The first kappa shape index (κ1) is 26.6. The number of hydrogen-bond acceptors (Lipinski definition) is 4. The number of nitrogens with one attached hydrogen (secondary N) is 1. The van der Waals surface area contributed by atoms with Crippen LogP contribution in [0.5, 0.6) is 0 Å². The number of benzene rings is 1. The van der Waals surface area contributed by atoms with E-state index in [4.69, 9.17) is 10.7 Å². The van der Waals surface area contributed by atoms with Gasteiger partial charge in [0.1, 0.15) is 5.82 Å². The Morgan fingerprint density at radius 2 is 1.97 bits per heavy atom. The molecule has 2 aliphatic heterocycles. The lowest BCUT2D eigenvalue weighted by Crippen LogP contribution is -2.47. The standard InChI is InChI=1S/C23H37FN6O.HI/c1-2-26-23(30-12-5-7-19(18-30)17-22(25)31)27-10-6-11-28-13-15-29(16-14-28)21-9-4-3-8-20(21)24;/h3-4,8-9,19H,2,5-7,10-18H2,1H3,(H2,25,31)(H,26,27);1H. The first-order chi connectivity index (χ1) is 15.1. The first-order valence-electron chi connectivity index (χ1n) is 11.6. The summed E-state index contributed by atoms with van der Waals surface area (Å²) in [5.41, 5.74) is 6.10. The van der Waals surface area contributed by atoms with Gasteiger partial charge in [-0.25, -0.2) is 4.39 Å². The Morgan fingerprint density at radius 3 is 2.66 bits per heavy atom. The Kier molecular flexibility index (Phi) is 11.5. The molecular weight excluding hydrogens is 522 g/mol. The van der Waals surface area contributed by atoms with Gasteiger partial charge in [-0.3, -0.25) is 14.7 Å². The van der Waals surface area contributed by atoms with E-state index < -0.39 is 0 Å². The molecule has 1 atom stereocenters. The number of rotatable bonds is 8. The molecular formula is C23H38FIN6O. The van der Waals surface area contributed by atoms with Crippen LogP contribution in [0.4, 0.5) is 10.1 Å². The van der Waals surface area contributed by atoms with E-state index in [0.717, 1.165) is 84.1 Å². The van der Waals surface area contributed by atoms with Crippen molar-refractivity contribution in [1.29, 1.82) is 0 Å². The Bertz CT molecular complexity index is 741. The molecule has 0 bridgehead atoms. The van der Waals surface area contributed by atoms with Crippen molar-refractivity contribution in [3.8, 4) is 0 Å². The lowest BCUT2D eigenvalue weighted by Gasteiger charge is -2.36. The van der Waals surface area contributed by atoms with Crippen molar-refractivity contribution in [3.05, 3.63) is 30.1 Å². The van der Waals surface area contributed by atoms with Crippen molar-refractivity contribution < 1.29 is 9.18 Å². The second-order valence-electron chi connectivity index (χ2n) is 8.49. The van der Waals surface area contributed by atoms with Gasteiger partial charge >= 0.3 is 0 Å². The Morgan fingerprint density at radius 1 is 1.22 bits per heavy atom. The van der Waals surface area contributed by atoms with Crippen LogP contribution >= 0.6 is 24.0 Å². The third kappa shape index (κ3) is 8.06. The second kappa shape index (κ2) is 13.8. The summed E-state index contributed by atoms with van der Waals surface area (Å²) in [5, 5.41) is 3.40. The minimum Gasteiger partial charge on any atom is -0.370 e. The van der Waals surface area contributed by atoms with Crippen LogP contribution < -0.4 is 16.0 Å². The molecule has 0 radical (unpaired) electrons. The molecule has 1 amide bonds. The number of carbonyl (C=O) groups is 1. The highest BCUT2D eigenvalue weighted by atomic mass is 127. The molecule has 0 aromatic heterocycles. The number of likely N-dealkylation sites (tertiary alicyclic amines) is 1. The minimum atomic E-state index is -0.219. The van der Waals surface area contributed by atoms with Gasteiger partial charge in [-0.15, -0.1) is 24.0 Å². The van der Waals surface area contributed by atoms with Crippen LogP contribution in [-0.4, -0.2) is 80.6 Å². The predicted molar refractivity (Wildman–Crippen MR) is 139 cm³/mol. The molecule has 0 spiro atoms. The molecule has 2 saturated heterocycles. The fraction of sp³-hybridized carbons (Fsp3) is 0.652. The van der Waals surface area contributed by atoms with E-state index >= 15 is 0 Å². The summed E-state index contributed by atoms with van der Waals surface area (Å²) in [6.45, 7) is 10.1. The topological polar surface area (TPSA) is 77.2 Å². The number of guanidine groups is 1. The van der Waals surface area contributed by atoms with Gasteiger partial charge in [0.15, 0.2) is 5.96 Å². The molecule has 7 nitrogen and oxygen atoms in total. The zero-order chi connectivity index (χ0) is 22.1. The Labute approximate surface area is 208 Å². The van der Waals surface area contributed by atoms with Gasteiger partial charge in [-0.1, -0.05) is 12.1 Å². The number of para-hydroxylation sites is 1. The summed E-state index contributed by atoms with van der Waals surface area (Å²) in [4.78, 5) is 23.0. The zero-order valence-electron chi connectivity index (χ0n) is 19.1. The maximum atomic E-state index is 14.0. The van der Waals surface area contributed by atoms with Crippen molar-refractivity contribution in [2.45, 2.75) is 32.6 Å². The number of primary amides is 1. The van der Waals surface area contributed by atoms with E-state index in [1.807, 2.05) is 12.1 Å². The average Bonchev–Trinajstić information content (AvgIpc) is 2.76. The van der Waals surface area contributed by atoms with E-state index in [0.29, 0.717) is 18.0 Å². The molecule has 0 saturated carbocycles. The summed E-state index contributed by atoms with van der Waals surface area (Å²) in [6.07, 6.45) is 3.56. The fourth-order valence-corrected chi connectivity index (χ4v) is 4.53. The lowest BCUT2D eigenvalue weighted by molar-refractivity contribution is -0.119. The number of carbonyl (C=O) groups excluding carboxylic acids is 1. The van der Waals surface area contributed by atoms with E-state index in [1.165, 1.54) is 6.07 Å². The maximum absolute atomic E-state index is 14.0. The number of nitrogens with two attached hydrogens (primary N) is 1. The molecule has 180 valence electrons. The first-order valence-corrected chi connectivity index (χ1v) is 11.6. The predicted octanol–water partition coefficient (Wildman–Crippen LogP) is 2.51. The molecule has 9 heteroatoms. The number of halogens is 2. The van der Waals surface area contributed by atoms with Crippen LogP contribution in [0, 0.1) is 11.7 Å². The molecule has 3 N–H and O–H groups in total. The van der Waals surface area contributed by atoms with Gasteiger partial charge in [0.25, 0.3) is 0 Å². The molecule has 2 fully saturated rings. The van der Waals surface area contributed by atoms with Crippen molar-refractivity contribution in [3.63, 3.8) is 0 Å². The summed E-state index contributed by atoms with van der Waals surface area (Å²) >= 11 is 0. The van der Waals surface area contributed by atoms with Crippen LogP contribution in [0.2, 0.25) is 0 Å². The third-order valence-electron chi connectivity index (χ3n) is 6.10. The van der Waals surface area contributed by atoms with Crippen molar-refractivity contribution in [1.82, 2.24) is 15.1 Å². The maximum Gasteiger partial charge on any atom is 0.217 e. The van der Waals surface area contributed by atoms with Crippen molar-refractivity contribution in [2.24, 2.45) is 16.6 Å². The van der Waals surface area contributed by atoms with E-state index in [1.54, 1.807) is 6.07 Å². The SMILES string of the molecule is CCNC(=NCCCN1CCN(c2ccccc2F)CC1)N1CCCC(CC(N)=O)C1.I. The monoisotopic (exact) mass is 560 g/mol. The molecule has 2 heterocycles. The smallest absolute Gasteiger partial charge is 0.217 e. The van der Waals surface area contributed by atoms with Crippen molar-refractivity contribution >= 4 is 41.5 Å². The number of anilines is 1. The van der Waals surface area contributed by atoms with Crippen LogP contribution in [0.1, 0.15) is 32.6 Å². The molecule has 0 aliphatic carbocycles. The highest BCUT2D eigenvalue weighted by Crippen LogP contribution is 2.21. The molecule has 1 unspecified atom stereocenters. The van der Waals surface area contributed by atoms with Crippen LogP contribution in [-0.2, 0) is 4.79 Å².